The molecular formula is C38H60N2O7. The van der Waals surface area contributed by atoms with E-state index in [1.165, 1.54) is 38.5 Å². The maximum absolute atomic E-state index is 12.8. The Morgan fingerprint density at radius 2 is 1.72 bits per heavy atom. The first-order valence-corrected chi connectivity index (χ1v) is 18.5. The van der Waals surface area contributed by atoms with E-state index in [2.05, 4.69) is 27.4 Å². The van der Waals surface area contributed by atoms with E-state index in [4.69, 9.17) is 29.4 Å². The lowest BCUT2D eigenvalue weighted by Crippen LogP contribution is -2.56. The number of morpholine rings is 1. The summed E-state index contributed by atoms with van der Waals surface area (Å²) in [7, 11) is 0. The molecule has 2 saturated heterocycles. The summed E-state index contributed by atoms with van der Waals surface area (Å²) in [5, 5.41) is 0. The van der Waals surface area contributed by atoms with Crippen LogP contribution < -0.4 is 5.73 Å². The summed E-state index contributed by atoms with van der Waals surface area (Å²) in [5.74, 6) is 2.62. The Morgan fingerprint density at radius 1 is 0.979 bits per heavy atom. The van der Waals surface area contributed by atoms with Crippen LogP contribution in [0.15, 0.2) is 12.2 Å². The highest BCUT2D eigenvalue weighted by Crippen LogP contribution is 2.87. The Balaban J connectivity index is 1.03. The predicted molar refractivity (Wildman–Crippen MR) is 177 cm³/mol. The van der Waals surface area contributed by atoms with Crippen LogP contribution in [0.1, 0.15) is 113 Å². The molecule has 5 aliphatic carbocycles. The minimum absolute atomic E-state index is 0.0308. The van der Waals surface area contributed by atoms with Crippen LogP contribution in [-0.4, -0.2) is 73.1 Å². The molecule has 0 aromatic heterocycles. The lowest BCUT2D eigenvalue weighted by Gasteiger charge is -2.60. The first-order chi connectivity index (χ1) is 22.0. The molecule has 7 fully saturated rings. The van der Waals surface area contributed by atoms with Gasteiger partial charge in [0.05, 0.1) is 31.5 Å². The van der Waals surface area contributed by atoms with E-state index in [0.29, 0.717) is 53.7 Å². The van der Waals surface area contributed by atoms with Crippen molar-refractivity contribution in [2.24, 2.45) is 51.1 Å². The smallest absolute Gasteiger partial charge is 0.410 e. The number of nitrogens with two attached hydrogens (primary N) is 1. The van der Waals surface area contributed by atoms with Crippen molar-refractivity contribution in [3.05, 3.63) is 12.2 Å². The number of fused-ring (bicyclic) bond motifs is 4. The molecule has 2 spiro atoms. The van der Waals surface area contributed by atoms with Crippen molar-refractivity contribution in [2.45, 2.75) is 149 Å². The highest BCUT2D eigenvalue weighted by atomic mass is 16.7. The number of carbonyl (C=O) groups is 2. The minimum Gasteiger partial charge on any atom is -0.444 e. The van der Waals surface area contributed by atoms with E-state index >= 15 is 0 Å². The maximum Gasteiger partial charge on any atom is 0.410 e. The number of rotatable bonds is 5. The van der Waals surface area contributed by atoms with Gasteiger partial charge in [-0.1, -0.05) is 27.4 Å². The van der Waals surface area contributed by atoms with Crippen molar-refractivity contribution < 1.29 is 33.3 Å². The molecule has 9 nitrogen and oxygen atoms in total. The van der Waals surface area contributed by atoms with Crippen LogP contribution >= 0.6 is 0 Å². The normalized spacial score (nSPS) is 45.6. The van der Waals surface area contributed by atoms with Crippen molar-refractivity contribution in [1.29, 1.82) is 0 Å². The van der Waals surface area contributed by atoms with Crippen LogP contribution in [0.3, 0.4) is 0 Å². The summed E-state index contributed by atoms with van der Waals surface area (Å²) in [6, 6.07) is 0. The van der Waals surface area contributed by atoms with E-state index < -0.39 is 24.1 Å². The Labute approximate surface area is 282 Å². The Morgan fingerprint density at radius 3 is 2.43 bits per heavy atom. The molecule has 9 heteroatoms. The zero-order valence-corrected chi connectivity index (χ0v) is 30.0. The number of primary amides is 1. The Bertz CT molecular complexity index is 1280. The highest BCUT2D eigenvalue weighted by molar-refractivity contribution is 5.68. The van der Waals surface area contributed by atoms with Crippen molar-refractivity contribution in [2.75, 3.05) is 19.7 Å². The number of amides is 2. The molecule has 2 heterocycles. The van der Waals surface area contributed by atoms with Crippen molar-refractivity contribution in [1.82, 2.24) is 4.90 Å². The average molecular weight is 657 g/mol. The number of hydrogen-bond donors (Lipinski definition) is 1. The fourth-order valence-electron chi connectivity index (χ4n) is 12.7. The maximum atomic E-state index is 12.8. The van der Waals surface area contributed by atoms with Crippen molar-refractivity contribution in [3.63, 3.8) is 0 Å². The molecular weight excluding hydrogens is 596 g/mol. The second kappa shape index (κ2) is 11.3. The van der Waals surface area contributed by atoms with Gasteiger partial charge in [-0.3, -0.25) is 0 Å². The zero-order chi connectivity index (χ0) is 33.7. The molecule has 7 rings (SSSR count). The number of hydrogen-bond acceptors (Lipinski definition) is 7. The molecule has 47 heavy (non-hydrogen) atoms. The first kappa shape index (κ1) is 33.6. The van der Waals surface area contributed by atoms with E-state index in [1.807, 2.05) is 27.7 Å². The molecule has 0 aromatic carbocycles. The van der Waals surface area contributed by atoms with Gasteiger partial charge in [-0.2, -0.15) is 0 Å². The number of ether oxygens (including phenoxy) is 5. The molecule has 2 amide bonds. The molecule has 0 aromatic rings. The number of nitrogens with zero attached hydrogens (tertiary/aromatic N) is 1. The van der Waals surface area contributed by atoms with Gasteiger partial charge in [-0.15, -0.1) is 0 Å². The van der Waals surface area contributed by atoms with E-state index in [0.717, 1.165) is 37.2 Å². The highest BCUT2D eigenvalue weighted by Gasteiger charge is 2.80. The molecule has 7 aliphatic rings. The standard InChI is InChI=1S/C38H60N2O7/c1-22(2)31(46-32(39)41)26-11-9-24-27(44-26)19-25-23-10-12-28-35(6,7)29(13-14-38(28)21-37(23,38)16-15-36(24,25)8)45-30-20-40(17-18-43-30)33(42)47-34(3,4)5/h23-31H,1,9-21H2,2-8H3,(H2,39,41)/t23?,24?,25?,26?,27?,28?,29-,30?,31+,36?,37?,38?/m0/s1. The fraction of sp³-hybridized carbons (Fsp3) is 0.895. The van der Waals surface area contributed by atoms with Gasteiger partial charge in [0.15, 0.2) is 12.4 Å². The first-order valence-electron chi connectivity index (χ1n) is 18.5. The second-order valence-electron chi connectivity index (χ2n) is 18.4. The predicted octanol–water partition coefficient (Wildman–Crippen LogP) is 7.21. The SMILES string of the molecule is C=C(C)[C@@H](OC(N)=O)C1CCC2C(CC3C4CCC5C(C)(C)[C@@H](OC6CN(C(=O)OC(C)(C)C)CCO6)CCC56CC46CCC23C)O1. The van der Waals surface area contributed by atoms with E-state index in [9.17, 15) is 9.59 Å². The monoisotopic (exact) mass is 656 g/mol. The van der Waals surface area contributed by atoms with Gasteiger partial charge < -0.3 is 34.3 Å². The van der Waals surface area contributed by atoms with Crippen LogP contribution in [0, 0.1) is 45.3 Å². The summed E-state index contributed by atoms with van der Waals surface area (Å²) in [4.78, 5) is 26.2. The van der Waals surface area contributed by atoms with Crippen LogP contribution in [0.4, 0.5) is 9.59 Å². The molecule has 2 aliphatic heterocycles. The third-order valence-corrected chi connectivity index (χ3v) is 14.6. The van der Waals surface area contributed by atoms with E-state index in [1.54, 1.807) is 4.90 Å². The summed E-state index contributed by atoms with van der Waals surface area (Å²) < 4.78 is 30.8. The summed E-state index contributed by atoms with van der Waals surface area (Å²) >= 11 is 0. The largest absolute Gasteiger partial charge is 0.444 e. The van der Waals surface area contributed by atoms with E-state index in [-0.39, 0.29) is 29.8 Å². The average Bonchev–Trinajstić information content (AvgIpc) is 3.56. The van der Waals surface area contributed by atoms with Gasteiger partial charge in [-0.05, 0) is 143 Å². The van der Waals surface area contributed by atoms with Crippen LogP contribution in [0.2, 0.25) is 0 Å². The molecule has 0 radical (unpaired) electrons. The lowest BCUT2D eigenvalue weighted by molar-refractivity contribution is -0.243. The summed E-state index contributed by atoms with van der Waals surface area (Å²) in [6.07, 6.45) is 10.1. The second-order valence-corrected chi connectivity index (χ2v) is 18.4. The summed E-state index contributed by atoms with van der Waals surface area (Å²) in [6.45, 7) is 20.6. The van der Waals surface area contributed by atoms with Crippen molar-refractivity contribution >= 4 is 12.2 Å². The zero-order valence-electron chi connectivity index (χ0n) is 30.0. The lowest BCUT2D eigenvalue weighted by atomic mass is 9.46. The van der Waals surface area contributed by atoms with Crippen LogP contribution in [0.5, 0.6) is 0 Å². The molecule has 0 bridgehead atoms. The molecule has 5 saturated carbocycles. The van der Waals surface area contributed by atoms with Gasteiger partial charge in [0, 0.05) is 6.54 Å². The van der Waals surface area contributed by atoms with Gasteiger partial charge in [0.1, 0.15) is 5.60 Å². The third kappa shape index (κ3) is 5.35. The Hall–Kier alpha value is -1.84. The topological polar surface area (TPSA) is 110 Å². The molecule has 12 atom stereocenters. The molecule has 264 valence electrons. The molecule has 10 unspecified atom stereocenters. The van der Waals surface area contributed by atoms with Gasteiger partial charge in [-0.25, -0.2) is 9.59 Å². The van der Waals surface area contributed by atoms with Gasteiger partial charge in [0.25, 0.3) is 0 Å². The summed E-state index contributed by atoms with van der Waals surface area (Å²) in [5.41, 5.74) is 6.88. The molecule has 2 N–H and O–H groups in total. The number of carbonyl (C=O) groups excluding carboxylic acids is 2. The quantitative estimate of drug-likeness (QED) is 0.312. The van der Waals surface area contributed by atoms with Crippen LogP contribution in [0.25, 0.3) is 0 Å². The fourth-order valence-corrected chi connectivity index (χ4v) is 12.7. The third-order valence-electron chi connectivity index (χ3n) is 14.6. The van der Waals surface area contributed by atoms with Gasteiger partial charge >= 0.3 is 12.2 Å². The van der Waals surface area contributed by atoms with Gasteiger partial charge in [0.2, 0.25) is 0 Å². The minimum atomic E-state index is -0.759. The Kier molecular flexibility index (Phi) is 8.12. The van der Waals surface area contributed by atoms with Crippen LogP contribution in [-0.2, 0) is 23.7 Å². The van der Waals surface area contributed by atoms with Crippen molar-refractivity contribution in [3.8, 4) is 0 Å².